The van der Waals surface area contributed by atoms with Gasteiger partial charge in [-0.05, 0) is 51.5 Å². The summed E-state index contributed by atoms with van der Waals surface area (Å²) < 4.78 is 6.06. The Morgan fingerprint density at radius 3 is 2.57 bits per heavy atom. The SMILES string of the molecule is Cc1ccc(CNCc2ccccn2)c(OC(C)(C)C)c1. The Balaban J connectivity index is 2.02. The van der Waals surface area contributed by atoms with Crippen LogP contribution in [-0.2, 0) is 13.1 Å². The zero-order valence-corrected chi connectivity index (χ0v) is 13.3. The highest BCUT2D eigenvalue weighted by molar-refractivity contribution is 5.37. The molecule has 2 rings (SSSR count). The lowest BCUT2D eigenvalue weighted by Crippen LogP contribution is -2.24. The van der Waals surface area contributed by atoms with Gasteiger partial charge in [-0.3, -0.25) is 4.98 Å². The van der Waals surface area contributed by atoms with Crippen molar-refractivity contribution >= 4 is 0 Å². The van der Waals surface area contributed by atoms with Crippen molar-refractivity contribution in [1.29, 1.82) is 0 Å². The van der Waals surface area contributed by atoms with Crippen LogP contribution in [0.1, 0.15) is 37.6 Å². The fourth-order valence-electron chi connectivity index (χ4n) is 2.06. The van der Waals surface area contributed by atoms with Gasteiger partial charge in [-0.1, -0.05) is 18.2 Å². The van der Waals surface area contributed by atoms with Gasteiger partial charge in [0.05, 0.1) is 5.69 Å². The number of hydrogen-bond donors (Lipinski definition) is 1. The smallest absolute Gasteiger partial charge is 0.124 e. The maximum absolute atomic E-state index is 6.06. The molecule has 0 radical (unpaired) electrons. The van der Waals surface area contributed by atoms with Crippen LogP contribution in [0, 0.1) is 6.92 Å². The lowest BCUT2D eigenvalue weighted by Gasteiger charge is -2.24. The molecule has 0 aliphatic heterocycles. The molecular weight excluding hydrogens is 260 g/mol. The number of nitrogens with one attached hydrogen (secondary N) is 1. The average Bonchev–Trinajstić information content (AvgIpc) is 2.41. The second kappa shape index (κ2) is 6.72. The molecule has 0 aliphatic carbocycles. The van der Waals surface area contributed by atoms with Crippen LogP contribution < -0.4 is 10.1 Å². The third-order valence-electron chi connectivity index (χ3n) is 2.99. The first-order chi connectivity index (χ1) is 9.94. The number of aromatic nitrogens is 1. The van der Waals surface area contributed by atoms with Gasteiger partial charge in [-0.15, -0.1) is 0 Å². The number of benzene rings is 1. The summed E-state index contributed by atoms with van der Waals surface area (Å²) in [6.07, 6.45) is 1.82. The Hall–Kier alpha value is -1.87. The monoisotopic (exact) mass is 284 g/mol. The molecule has 0 bridgehead atoms. The highest BCUT2D eigenvalue weighted by atomic mass is 16.5. The molecule has 1 aromatic carbocycles. The molecular formula is C18H24N2O. The first-order valence-corrected chi connectivity index (χ1v) is 7.33. The normalized spacial score (nSPS) is 11.4. The van der Waals surface area contributed by atoms with Crippen LogP contribution in [0.2, 0.25) is 0 Å². The number of aryl methyl sites for hydroxylation is 1. The fraction of sp³-hybridized carbons (Fsp3) is 0.389. The topological polar surface area (TPSA) is 34.2 Å². The summed E-state index contributed by atoms with van der Waals surface area (Å²) in [5.74, 6) is 0.955. The molecule has 3 heteroatoms. The van der Waals surface area contributed by atoms with E-state index in [0.717, 1.165) is 24.5 Å². The maximum atomic E-state index is 6.06. The Labute approximate surface area is 127 Å². The van der Waals surface area contributed by atoms with E-state index >= 15 is 0 Å². The number of rotatable bonds is 5. The summed E-state index contributed by atoms with van der Waals surface area (Å²) in [5.41, 5.74) is 3.24. The van der Waals surface area contributed by atoms with Gasteiger partial charge in [-0.2, -0.15) is 0 Å². The van der Waals surface area contributed by atoms with Crippen LogP contribution in [0.3, 0.4) is 0 Å². The van der Waals surface area contributed by atoms with Crippen LogP contribution in [0.15, 0.2) is 42.6 Å². The zero-order chi connectivity index (χ0) is 15.3. The molecule has 1 aromatic heterocycles. The average molecular weight is 284 g/mol. The lowest BCUT2D eigenvalue weighted by molar-refractivity contribution is 0.129. The van der Waals surface area contributed by atoms with Crippen molar-refractivity contribution < 1.29 is 4.74 Å². The highest BCUT2D eigenvalue weighted by Gasteiger charge is 2.14. The highest BCUT2D eigenvalue weighted by Crippen LogP contribution is 2.24. The van der Waals surface area contributed by atoms with E-state index in [9.17, 15) is 0 Å². The minimum Gasteiger partial charge on any atom is -0.488 e. The van der Waals surface area contributed by atoms with Crippen LogP contribution in [-0.4, -0.2) is 10.6 Å². The Kier molecular flexibility index (Phi) is 4.97. The summed E-state index contributed by atoms with van der Waals surface area (Å²) in [5, 5.41) is 3.42. The van der Waals surface area contributed by atoms with Gasteiger partial charge in [-0.25, -0.2) is 0 Å². The first-order valence-electron chi connectivity index (χ1n) is 7.33. The van der Waals surface area contributed by atoms with Gasteiger partial charge in [0, 0.05) is 24.8 Å². The van der Waals surface area contributed by atoms with Crippen molar-refractivity contribution in [1.82, 2.24) is 10.3 Å². The summed E-state index contributed by atoms with van der Waals surface area (Å²) in [7, 11) is 0. The number of hydrogen-bond acceptors (Lipinski definition) is 3. The molecule has 3 nitrogen and oxygen atoms in total. The van der Waals surface area contributed by atoms with E-state index in [4.69, 9.17) is 4.74 Å². The molecule has 0 unspecified atom stereocenters. The second-order valence-electron chi connectivity index (χ2n) is 6.25. The predicted octanol–water partition coefficient (Wildman–Crippen LogP) is 3.86. The molecule has 0 spiro atoms. The van der Waals surface area contributed by atoms with Crippen molar-refractivity contribution in [2.45, 2.75) is 46.4 Å². The van der Waals surface area contributed by atoms with Gasteiger partial charge in [0.2, 0.25) is 0 Å². The van der Waals surface area contributed by atoms with E-state index in [0.29, 0.717) is 0 Å². The van der Waals surface area contributed by atoms with E-state index in [2.05, 4.69) is 56.2 Å². The van der Waals surface area contributed by atoms with Crippen LogP contribution in [0.4, 0.5) is 0 Å². The van der Waals surface area contributed by atoms with Gasteiger partial charge in [0.1, 0.15) is 11.4 Å². The molecule has 0 saturated heterocycles. The molecule has 21 heavy (non-hydrogen) atoms. The van der Waals surface area contributed by atoms with Crippen LogP contribution in [0.5, 0.6) is 5.75 Å². The Morgan fingerprint density at radius 2 is 1.90 bits per heavy atom. The largest absolute Gasteiger partial charge is 0.488 e. The van der Waals surface area contributed by atoms with Crippen molar-refractivity contribution in [2.24, 2.45) is 0 Å². The quantitative estimate of drug-likeness (QED) is 0.905. The predicted molar refractivity (Wildman–Crippen MR) is 86.3 cm³/mol. The molecule has 1 heterocycles. The molecule has 0 aliphatic rings. The van der Waals surface area contributed by atoms with Gasteiger partial charge < -0.3 is 10.1 Å². The maximum Gasteiger partial charge on any atom is 0.124 e. The van der Waals surface area contributed by atoms with Crippen molar-refractivity contribution in [3.63, 3.8) is 0 Å². The van der Waals surface area contributed by atoms with E-state index in [1.54, 1.807) is 0 Å². The summed E-state index contributed by atoms with van der Waals surface area (Å²) in [6.45, 7) is 9.81. The van der Waals surface area contributed by atoms with Crippen molar-refractivity contribution in [3.8, 4) is 5.75 Å². The summed E-state index contributed by atoms with van der Waals surface area (Å²) in [4.78, 5) is 4.31. The molecule has 0 atom stereocenters. The zero-order valence-electron chi connectivity index (χ0n) is 13.3. The van der Waals surface area contributed by atoms with Crippen LogP contribution in [0.25, 0.3) is 0 Å². The molecule has 1 N–H and O–H groups in total. The third kappa shape index (κ3) is 5.20. The van der Waals surface area contributed by atoms with E-state index in [1.165, 1.54) is 11.1 Å². The lowest BCUT2D eigenvalue weighted by atomic mass is 10.1. The molecule has 0 amide bonds. The van der Waals surface area contributed by atoms with Crippen molar-refractivity contribution in [3.05, 3.63) is 59.4 Å². The van der Waals surface area contributed by atoms with Crippen LogP contribution >= 0.6 is 0 Å². The minimum absolute atomic E-state index is 0.191. The number of pyridine rings is 1. The number of nitrogens with zero attached hydrogens (tertiary/aromatic N) is 1. The summed E-state index contributed by atoms with van der Waals surface area (Å²) >= 11 is 0. The summed E-state index contributed by atoms with van der Waals surface area (Å²) in [6, 6.07) is 12.3. The Morgan fingerprint density at radius 1 is 1.10 bits per heavy atom. The molecule has 0 saturated carbocycles. The van der Waals surface area contributed by atoms with E-state index in [1.807, 2.05) is 24.4 Å². The number of ether oxygens (including phenoxy) is 1. The third-order valence-corrected chi connectivity index (χ3v) is 2.99. The van der Waals surface area contributed by atoms with E-state index < -0.39 is 0 Å². The molecule has 112 valence electrons. The molecule has 2 aromatic rings. The fourth-order valence-corrected chi connectivity index (χ4v) is 2.06. The van der Waals surface area contributed by atoms with Gasteiger partial charge >= 0.3 is 0 Å². The molecule has 0 fully saturated rings. The Bertz CT molecular complexity index is 574. The van der Waals surface area contributed by atoms with E-state index in [-0.39, 0.29) is 5.60 Å². The van der Waals surface area contributed by atoms with Gasteiger partial charge in [0.25, 0.3) is 0 Å². The first kappa shape index (κ1) is 15.5. The van der Waals surface area contributed by atoms with Gasteiger partial charge in [0.15, 0.2) is 0 Å². The van der Waals surface area contributed by atoms with Crippen molar-refractivity contribution in [2.75, 3.05) is 0 Å². The minimum atomic E-state index is -0.191. The standard InChI is InChI=1S/C18H24N2O/c1-14-8-9-15(17(11-14)21-18(2,3)4)12-19-13-16-7-5-6-10-20-16/h5-11,19H,12-13H2,1-4H3. The second-order valence-corrected chi connectivity index (χ2v) is 6.25.